The molecule has 1 heterocycles. The van der Waals surface area contributed by atoms with E-state index in [1.807, 2.05) is 17.8 Å². The van der Waals surface area contributed by atoms with E-state index in [1.54, 1.807) is 18.2 Å². The van der Waals surface area contributed by atoms with Crippen LogP contribution in [0.2, 0.25) is 0 Å². The van der Waals surface area contributed by atoms with Gasteiger partial charge in [-0.2, -0.15) is 5.10 Å². The third-order valence-corrected chi connectivity index (χ3v) is 3.31. The van der Waals surface area contributed by atoms with Gasteiger partial charge in [0.25, 0.3) is 0 Å². The minimum absolute atomic E-state index is 0.311. The zero-order valence-electron chi connectivity index (χ0n) is 11.5. The lowest BCUT2D eigenvalue weighted by molar-refractivity contribution is 0.0697. The number of hydrogen-bond acceptors (Lipinski definition) is 2. The molecule has 19 heavy (non-hydrogen) atoms. The predicted octanol–water partition coefficient (Wildman–Crippen LogP) is 2.91. The molecule has 2 aromatic rings. The maximum Gasteiger partial charge on any atom is 0.335 e. The van der Waals surface area contributed by atoms with Crippen molar-refractivity contribution in [2.24, 2.45) is 7.05 Å². The Balaban J connectivity index is 2.63. The van der Waals surface area contributed by atoms with E-state index >= 15 is 0 Å². The van der Waals surface area contributed by atoms with E-state index in [2.05, 4.69) is 18.9 Å². The number of carboxylic acids is 1. The maximum atomic E-state index is 11.1. The molecular formula is C15H18N2O2. The van der Waals surface area contributed by atoms with Gasteiger partial charge in [-0.1, -0.05) is 26.0 Å². The Hall–Kier alpha value is -2.10. The van der Waals surface area contributed by atoms with Crippen molar-refractivity contribution in [1.29, 1.82) is 0 Å². The smallest absolute Gasteiger partial charge is 0.335 e. The molecule has 4 heteroatoms. The summed E-state index contributed by atoms with van der Waals surface area (Å²) in [6.45, 7) is 4.15. The van der Waals surface area contributed by atoms with Crippen LogP contribution in [0.15, 0.2) is 24.3 Å². The van der Waals surface area contributed by atoms with E-state index in [4.69, 9.17) is 5.11 Å². The van der Waals surface area contributed by atoms with E-state index < -0.39 is 5.97 Å². The molecule has 0 radical (unpaired) electrons. The third kappa shape index (κ3) is 2.38. The number of aromatic carboxylic acids is 1. The van der Waals surface area contributed by atoms with Crippen LogP contribution in [-0.2, 0) is 19.9 Å². The highest BCUT2D eigenvalue weighted by Gasteiger charge is 2.16. The van der Waals surface area contributed by atoms with E-state index in [0.29, 0.717) is 5.56 Å². The number of hydrogen-bond donors (Lipinski definition) is 1. The fourth-order valence-corrected chi connectivity index (χ4v) is 2.41. The minimum Gasteiger partial charge on any atom is -0.478 e. The van der Waals surface area contributed by atoms with Crippen molar-refractivity contribution in [2.45, 2.75) is 26.7 Å². The number of carbonyl (C=O) groups is 1. The topological polar surface area (TPSA) is 55.1 Å². The standard InChI is InChI=1S/C15H18N2O2/c1-4-12-14(13(5-2)17(3)16-12)10-7-6-8-11(9-10)15(18)19/h6-9H,4-5H2,1-3H3,(H,18,19). The summed E-state index contributed by atoms with van der Waals surface area (Å²) in [5.74, 6) is -0.901. The second-order valence-electron chi connectivity index (χ2n) is 4.49. The SMILES string of the molecule is CCc1nn(C)c(CC)c1-c1cccc(C(=O)O)c1. The summed E-state index contributed by atoms with van der Waals surface area (Å²) in [4.78, 5) is 11.1. The van der Waals surface area contributed by atoms with E-state index in [0.717, 1.165) is 35.4 Å². The minimum atomic E-state index is -0.901. The molecule has 2 rings (SSSR count). The monoisotopic (exact) mass is 258 g/mol. The van der Waals surface area contributed by atoms with Crippen LogP contribution in [0.3, 0.4) is 0 Å². The number of nitrogens with zero attached hydrogens (tertiary/aromatic N) is 2. The van der Waals surface area contributed by atoms with Crippen LogP contribution >= 0.6 is 0 Å². The van der Waals surface area contributed by atoms with Crippen LogP contribution in [0.25, 0.3) is 11.1 Å². The van der Waals surface area contributed by atoms with Crippen LogP contribution in [0.1, 0.15) is 35.6 Å². The molecule has 4 nitrogen and oxygen atoms in total. The molecular weight excluding hydrogens is 240 g/mol. The van der Waals surface area contributed by atoms with Crippen LogP contribution in [0.4, 0.5) is 0 Å². The second-order valence-corrected chi connectivity index (χ2v) is 4.49. The average Bonchev–Trinajstić information content (AvgIpc) is 2.74. The predicted molar refractivity (Wildman–Crippen MR) is 74.4 cm³/mol. The van der Waals surface area contributed by atoms with Gasteiger partial charge in [-0.25, -0.2) is 4.79 Å². The Morgan fingerprint density at radius 2 is 2.05 bits per heavy atom. The molecule has 0 aliphatic carbocycles. The molecule has 0 saturated carbocycles. The molecule has 0 amide bonds. The van der Waals surface area contributed by atoms with Crippen molar-refractivity contribution in [2.75, 3.05) is 0 Å². The molecule has 1 aromatic carbocycles. The Kier molecular flexibility index (Phi) is 3.69. The van der Waals surface area contributed by atoms with E-state index in [1.165, 1.54) is 0 Å². The average molecular weight is 258 g/mol. The number of benzene rings is 1. The Morgan fingerprint density at radius 1 is 1.32 bits per heavy atom. The number of aromatic nitrogens is 2. The largest absolute Gasteiger partial charge is 0.478 e. The van der Waals surface area contributed by atoms with Gasteiger partial charge in [-0.05, 0) is 30.5 Å². The first-order valence-electron chi connectivity index (χ1n) is 6.46. The lowest BCUT2D eigenvalue weighted by Crippen LogP contribution is -1.98. The molecule has 0 unspecified atom stereocenters. The molecule has 0 atom stereocenters. The van der Waals surface area contributed by atoms with E-state index in [-0.39, 0.29) is 0 Å². The highest BCUT2D eigenvalue weighted by molar-refractivity contribution is 5.89. The summed E-state index contributed by atoms with van der Waals surface area (Å²) in [5, 5.41) is 13.6. The summed E-state index contributed by atoms with van der Waals surface area (Å²) >= 11 is 0. The van der Waals surface area contributed by atoms with Gasteiger partial charge in [0.2, 0.25) is 0 Å². The lowest BCUT2D eigenvalue weighted by Gasteiger charge is -2.06. The van der Waals surface area contributed by atoms with Gasteiger partial charge >= 0.3 is 5.97 Å². The Bertz CT molecular complexity index is 615. The van der Waals surface area contributed by atoms with E-state index in [9.17, 15) is 4.79 Å². The Labute approximate surface area is 112 Å². The first kappa shape index (κ1) is 13.3. The summed E-state index contributed by atoms with van der Waals surface area (Å²) in [7, 11) is 1.93. The molecule has 0 spiro atoms. The normalized spacial score (nSPS) is 10.7. The number of aryl methyl sites for hydroxylation is 2. The zero-order chi connectivity index (χ0) is 14.0. The van der Waals surface area contributed by atoms with Gasteiger partial charge in [0.15, 0.2) is 0 Å². The lowest BCUT2D eigenvalue weighted by atomic mass is 9.99. The van der Waals surface area contributed by atoms with Gasteiger partial charge in [-0.15, -0.1) is 0 Å². The summed E-state index contributed by atoms with van der Waals surface area (Å²) in [5.41, 5.74) is 4.48. The molecule has 0 saturated heterocycles. The van der Waals surface area contributed by atoms with Crippen molar-refractivity contribution in [3.63, 3.8) is 0 Å². The van der Waals surface area contributed by atoms with Crippen LogP contribution < -0.4 is 0 Å². The first-order chi connectivity index (χ1) is 9.08. The van der Waals surface area contributed by atoms with Gasteiger partial charge < -0.3 is 5.11 Å². The van der Waals surface area contributed by atoms with Crippen molar-refractivity contribution < 1.29 is 9.90 Å². The zero-order valence-corrected chi connectivity index (χ0v) is 11.5. The highest BCUT2D eigenvalue weighted by Crippen LogP contribution is 2.29. The summed E-state index contributed by atoms with van der Waals surface area (Å²) < 4.78 is 1.89. The highest BCUT2D eigenvalue weighted by atomic mass is 16.4. The molecule has 100 valence electrons. The van der Waals surface area contributed by atoms with Crippen LogP contribution in [-0.4, -0.2) is 20.9 Å². The fraction of sp³-hybridized carbons (Fsp3) is 0.333. The summed E-state index contributed by atoms with van der Waals surface area (Å²) in [6, 6.07) is 7.06. The van der Waals surface area contributed by atoms with Gasteiger partial charge in [0, 0.05) is 18.3 Å². The molecule has 0 fully saturated rings. The van der Waals surface area contributed by atoms with Crippen molar-refractivity contribution in [3.05, 3.63) is 41.2 Å². The fourth-order valence-electron chi connectivity index (χ4n) is 2.41. The van der Waals surface area contributed by atoms with Gasteiger partial charge in [0.1, 0.15) is 0 Å². The molecule has 0 bridgehead atoms. The molecule has 0 aliphatic heterocycles. The van der Waals surface area contributed by atoms with Gasteiger partial charge in [-0.3, -0.25) is 4.68 Å². The van der Waals surface area contributed by atoms with Crippen molar-refractivity contribution >= 4 is 5.97 Å². The quantitative estimate of drug-likeness (QED) is 0.917. The maximum absolute atomic E-state index is 11.1. The Morgan fingerprint density at radius 3 is 2.63 bits per heavy atom. The first-order valence-corrected chi connectivity index (χ1v) is 6.46. The molecule has 1 N–H and O–H groups in total. The molecule has 0 aliphatic rings. The second kappa shape index (κ2) is 5.26. The number of rotatable bonds is 4. The van der Waals surface area contributed by atoms with Crippen LogP contribution in [0, 0.1) is 0 Å². The summed E-state index contributed by atoms with van der Waals surface area (Å²) in [6.07, 6.45) is 1.70. The number of carboxylic acid groups (broad SMARTS) is 1. The third-order valence-electron chi connectivity index (χ3n) is 3.31. The van der Waals surface area contributed by atoms with Gasteiger partial charge in [0.05, 0.1) is 11.3 Å². The van der Waals surface area contributed by atoms with Crippen molar-refractivity contribution in [3.8, 4) is 11.1 Å². The van der Waals surface area contributed by atoms with Crippen molar-refractivity contribution in [1.82, 2.24) is 9.78 Å². The molecule has 1 aromatic heterocycles. The van der Waals surface area contributed by atoms with Crippen LogP contribution in [0.5, 0.6) is 0 Å².